The second-order valence-electron chi connectivity index (χ2n) is 19.0. The van der Waals surface area contributed by atoms with Gasteiger partial charge in [0.25, 0.3) is 0 Å². The van der Waals surface area contributed by atoms with E-state index in [1.807, 2.05) is 24.8 Å². The van der Waals surface area contributed by atoms with Gasteiger partial charge in [-0.3, -0.25) is 9.97 Å². The summed E-state index contributed by atoms with van der Waals surface area (Å²) in [6.07, 6.45) is 7.71. The van der Waals surface area contributed by atoms with Crippen LogP contribution in [0.25, 0.3) is 44.5 Å². The van der Waals surface area contributed by atoms with Gasteiger partial charge in [-0.25, -0.2) is 0 Å². The van der Waals surface area contributed by atoms with Gasteiger partial charge in [0, 0.05) is 58.2 Å². The molecule has 2 heterocycles. The average Bonchev–Trinajstić information content (AvgIpc) is 3.15. The highest BCUT2D eigenvalue weighted by Gasteiger charge is 2.19. The summed E-state index contributed by atoms with van der Waals surface area (Å²) in [4.78, 5) is 9.48. The third-order valence-corrected chi connectivity index (χ3v) is 10.6. The molecule has 282 valence electrons. The maximum atomic E-state index is 4.74. The summed E-state index contributed by atoms with van der Waals surface area (Å²) in [5.41, 5.74) is 15.4. The highest BCUT2D eigenvalue weighted by Crippen LogP contribution is 2.36. The predicted molar refractivity (Wildman–Crippen MR) is 239 cm³/mol. The van der Waals surface area contributed by atoms with Crippen molar-refractivity contribution >= 4 is 0 Å². The lowest BCUT2D eigenvalue weighted by Gasteiger charge is -2.20. The van der Waals surface area contributed by atoms with Gasteiger partial charge in [0.15, 0.2) is 0 Å². The van der Waals surface area contributed by atoms with Crippen LogP contribution in [0.1, 0.15) is 116 Å². The Morgan fingerprint density at radius 1 is 0.304 bits per heavy atom. The molecule has 0 atom stereocenters. The van der Waals surface area contributed by atoms with E-state index in [-0.39, 0.29) is 21.7 Å². The van der Waals surface area contributed by atoms with E-state index in [0.29, 0.717) is 0 Å². The van der Waals surface area contributed by atoms with Crippen molar-refractivity contribution in [1.82, 2.24) is 9.97 Å². The van der Waals surface area contributed by atoms with E-state index in [0.717, 1.165) is 55.6 Å². The molecule has 0 saturated heterocycles. The van der Waals surface area contributed by atoms with Crippen molar-refractivity contribution in [3.63, 3.8) is 0 Å². The summed E-state index contributed by atoms with van der Waals surface area (Å²) in [6.45, 7) is 26.9. The van der Waals surface area contributed by atoms with E-state index in [9.17, 15) is 0 Å². The molecule has 0 bridgehead atoms. The Hall–Kier alpha value is -5.70. The third kappa shape index (κ3) is 9.05. The molecule has 0 N–H and O–H groups in total. The minimum absolute atomic E-state index is 0.0551. The molecule has 0 radical (unpaired) electrons. The third-order valence-electron chi connectivity index (χ3n) is 10.6. The Morgan fingerprint density at radius 3 is 0.679 bits per heavy atom. The smallest absolute Gasteiger partial charge is 0.0443 e. The van der Waals surface area contributed by atoms with E-state index < -0.39 is 0 Å². The van der Waals surface area contributed by atoms with Crippen LogP contribution in [0.15, 0.2) is 122 Å². The summed E-state index contributed by atoms with van der Waals surface area (Å²) in [5, 5.41) is 0. The zero-order valence-corrected chi connectivity index (χ0v) is 35.4. The van der Waals surface area contributed by atoms with Gasteiger partial charge in [0.1, 0.15) is 0 Å². The lowest BCUT2D eigenvalue weighted by Crippen LogP contribution is -2.10. The Morgan fingerprint density at radius 2 is 0.500 bits per heavy atom. The van der Waals surface area contributed by atoms with Crippen LogP contribution in [0.2, 0.25) is 0 Å². The fourth-order valence-electron chi connectivity index (χ4n) is 6.85. The van der Waals surface area contributed by atoms with Gasteiger partial charge in [-0.2, -0.15) is 0 Å². The first-order valence-electron chi connectivity index (χ1n) is 19.7. The Bertz CT molecular complexity index is 2120. The van der Waals surface area contributed by atoms with Gasteiger partial charge in [0.05, 0.1) is 0 Å². The van der Waals surface area contributed by atoms with Gasteiger partial charge in [0.2, 0.25) is 0 Å². The van der Waals surface area contributed by atoms with Crippen molar-refractivity contribution in [1.29, 1.82) is 0 Å². The molecule has 6 aromatic rings. The topological polar surface area (TPSA) is 25.8 Å². The van der Waals surface area contributed by atoms with E-state index in [2.05, 4.69) is 204 Å². The summed E-state index contributed by atoms with van der Waals surface area (Å²) >= 11 is 0. The predicted octanol–water partition coefficient (Wildman–Crippen LogP) is 13.7. The monoisotopic (exact) mass is 732 g/mol. The highest BCUT2D eigenvalue weighted by atomic mass is 14.6. The van der Waals surface area contributed by atoms with Crippen LogP contribution in [-0.4, -0.2) is 9.97 Å². The van der Waals surface area contributed by atoms with Crippen molar-refractivity contribution in [2.24, 2.45) is 0 Å². The normalized spacial score (nSPS) is 12.0. The number of pyridine rings is 2. The van der Waals surface area contributed by atoms with Crippen molar-refractivity contribution < 1.29 is 0 Å². The number of nitrogens with zero attached hydrogens (tertiary/aromatic N) is 2. The van der Waals surface area contributed by atoms with Crippen LogP contribution >= 0.6 is 0 Å². The Kier molecular flexibility index (Phi) is 11.0. The first-order valence-corrected chi connectivity index (χ1v) is 19.7. The van der Waals surface area contributed by atoms with Crippen molar-refractivity contribution in [3.8, 4) is 68.2 Å². The second kappa shape index (κ2) is 15.4. The molecule has 0 unspecified atom stereocenters. The van der Waals surface area contributed by atoms with Crippen LogP contribution < -0.4 is 0 Å². The molecule has 2 heteroatoms. The van der Waals surface area contributed by atoms with E-state index >= 15 is 0 Å². The summed E-state index contributed by atoms with van der Waals surface area (Å²) in [6, 6.07) is 35.2. The summed E-state index contributed by atoms with van der Waals surface area (Å²) in [5.74, 6) is 13.6. The minimum Gasteiger partial charge on any atom is -0.263 e. The maximum absolute atomic E-state index is 4.74. The summed E-state index contributed by atoms with van der Waals surface area (Å²) in [7, 11) is 0. The molecule has 56 heavy (non-hydrogen) atoms. The molecule has 0 spiro atoms. The van der Waals surface area contributed by atoms with Gasteiger partial charge < -0.3 is 0 Å². The van der Waals surface area contributed by atoms with Gasteiger partial charge in [-0.15, -0.1) is 0 Å². The minimum atomic E-state index is 0.0551. The van der Waals surface area contributed by atoms with Crippen LogP contribution in [0.4, 0.5) is 0 Å². The van der Waals surface area contributed by atoms with Crippen LogP contribution in [-0.2, 0) is 21.7 Å². The largest absolute Gasteiger partial charge is 0.263 e. The van der Waals surface area contributed by atoms with Gasteiger partial charge in [-0.05, 0) is 78.0 Å². The number of aromatic nitrogens is 2. The van der Waals surface area contributed by atoms with Gasteiger partial charge in [-0.1, -0.05) is 192 Å². The SMILES string of the molecule is CC(C)(C)c1ccc(-c2cncc(-c3ccc(C(C)(C)C)cc3)c2C#CC#Cc2c(-c3ccc(C(C)(C)C)cc3)cncc2-c2ccc(C(C)(C)C)cc2)cc1. The number of hydrogen-bond acceptors (Lipinski definition) is 2. The van der Waals surface area contributed by atoms with Crippen LogP contribution in [0.3, 0.4) is 0 Å². The number of hydrogen-bond donors (Lipinski definition) is 0. The number of rotatable bonds is 4. The first kappa shape index (κ1) is 40.0. The molecule has 4 aromatic carbocycles. The average molecular weight is 733 g/mol. The molecule has 0 saturated carbocycles. The quantitative estimate of drug-likeness (QED) is 0.169. The molecule has 0 aliphatic rings. The fourth-order valence-corrected chi connectivity index (χ4v) is 6.85. The lowest BCUT2D eigenvalue weighted by molar-refractivity contribution is 0.590. The van der Waals surface area contributed by atoms with E-state index in [1.165, 1.54) is 22.3 Å². The summed E-state index contributed by atoms with van der Waals surface area (Å²) < 4.78 is 0. The van der Waals surface area contributed by atoms with Crippen molar-refractivity contribution in [2.75, 3.05) is 0 Å². The van der Waals surface area contributed by atoms with E-state index in [1.54, 1.807) is 0 Å². The van der Waals surface area contributed by atoms with Crippen molar-refractivity contribution in [3.05, 3.63) is 155 Å². The number of benzene rings is 4. The Labute approximate surface area is 336 Å². The standard InChI is InChI=1S/C54H56N2/c1-51(2,3)41-25-17-37(18-26-41)47-33-55-34-48(38-19-27-42(28-20-38)52(4,5)6)45(47)15-13-14-16-46-49(39-21-29-43(30-22-39)53(7,8)9)35-56-36-50(46)40-23-31-44(32-24-40)54(10,11)12/h17-36H,1-12H3. The fraction of sp³-hybridized carbons (Fsp3) is 0.296. The molecule has 6 rings (SSSR count). The molecule has 2 aromatic heterocycles. The second-order valence-corrected chi connectivity index (χ2v) is 19.0. The molecule has 0 aliphatic carbocycles. The maximum Gasteiger partial charge on any atom is 0.0443 e. The molecule has 0 fully saturated rings. The lowest BCUT2D eigenvalue weighted by atomic mass is 9.85. The molecule has 2 nitrogen and oxygen atoms in total. The molecule has 0 aliphatic heterocycles. The Balaban J connectivity index is 1.51. The van der Waals surface area contributed by atoms with Gasteiger partial charge >= 0.3 is 0 Å². The molecule has 0 amide bonds. The zero-order chi connectivity index (χ0) is 40.5. The first-order chi connectivity index (χ1) is 26.3. The molecular formula is C54H56N2. The van der Waals surface area contributed by atoms with E-state index in [4.69, 9.17) is 9.97 Å². The molecular weight excluding hydrogens is 677 g/mol. The van der Waals surface area contributed by atoms with Crippen molar-refractivity contribution in [2.45, 2.75) is 105 Å². The van der Waals surface area contributed by atoms with Crippen LogP contribution in [0, 0.1) is 23.7 Å². The zero-order valence-electron chi connectivity index (χ0n) is 35.4. The van der Waals surface area contributed by atoms with Crippen LogP contribution in [0.5, 0.6) is 0 Å². The highest BCUT2D eigenvalue weighted by molar-refractivity contribution is 5.84.